The van der Waals surface area contributed by atoms with E-state index in [4.69, 9.17) is 0 Å². The molecule has 15 heavy (non-hydrogen) atoms. The van der Waals surface area contributed by atoms with Gasteiger partial charge in [0.15, 0.2) is 0 Å². The first-order valence-electron chi connectivity index (χ1n) is 4.84. The van der Waals surface area contributed by atoms with Crippen LogP contribution in [0.1, 0.15) is 5.56 Å². The van der Waals surface area contributed by atoms with Crippen LogP contribution >= 0.6 is 27.3 Å². The molecular weight excluding hydrogens is 268 g/mol. The van der Waals surface area contributed by atoms with Gasteiger partial charge in [-0.15, -0.1) is 11.3 Å². The SMILES string of the molecule is Cc1ccc(Br)c2c1sc1ccccc12. The molecule has 0 aliphatic carbocycles. The minimum atomic E-state index is 1.19. The summed E-state index contributed by atoms with van der Waals surface area (Å²) in [6, 6.07) is 12.9. The van der Waals surface area contributed by atoms with E-state index in [1.165, 1.54) is 30.2 Å². The quantitative estimate of drug-likeness (QED) is 0.534. The lowest BCUT2D eigenvalue weighted by Gasteiger charge is -1.98. The predicted molar refractivity (Wildman–Crippen MR) is 71.8 cm³/mol. The molecule has 3 rings (SSSR count). The van der Waals surface area contributed by atoms with E-state index in [1.54, 1.807) is 0 Å². The van der Waals surface area contributed by atoms with Gasteiger partial charge in [-0.1, -0.05) is 40.2 Å². The molecule has 0 aliphatic rings. The standard InChI is InChI=1S/C13H9BrS/c1-8-6-7-10(14)12-9-4-2-3-5-11(9)15-13(8)12/h2-7H,1H3. The Kier molecular flexibility index (Phi) is 2.08. The van der Waals surface area contributed by atoms with Gasteiger partial charge in [0.1, 0.15) is 0 Å². The number of hydrogen-bond acceptors (Lipinski definition) is 1. The Bertz CT molecular complexity index is 652. The van der Waals surface area contributed by atoms with Crippen LogP contribution in [0.5, 0.6) is 0 Å². The Morgan fingerprint density at radius 1 is 1.07 bits per heavy atom. The fourth-order valence-corrected chi connectivity index (χ4v) is 3.79. The number of rotatable bonds is 0. The zero-order valence-electron chi connectivity index (χ0n) is 8.25. The second kappa shape index (κ2) is 3.32. The van der Waals surface area contributed by atoms with Crippen molar-refractivity contribution in [1.29, 1.82) is 0 Å². The van der Waals surface area contributed by atoms with Crippen LogP contribution in [-0.2, 0) is 0 Å². The van der Waals surface area contributed by atoms with E-state index in [0.717, 1.165) is 0 Å². The molecule has 0 saturated heterocycles. The predicted octanol–water partition coefficient (Wildman–Crippen LogP) is 5.13. The topological polar surface area (TPSA) is 0 Å². The molecule has 74 valence electrons. The summed E-state index contributed by atoms with van der Waals surface area (Å²) in [5, 5.41) is 2.71. The van der Waals surface area contributed by atoms with Crippen molar-refractivity contribution in [3.8, 4) is 0 Å². The van der Waals surface area contributed by atoms with Crippen LogP contribution in [0.3, 0.4) is 0 Å². The molecule has 0 fully saturated rings. The Morgan fingerprint density at radius 2 is 1.87 bits per heavy atom. The fraction of sp³-hybridized carbons (Fsp3) is 0.0769. The summed E-state index contributed by atoms with van der Waals surface area (Å²) in [7, 11) is 0. The van der Waals surface area contributed by atoms with Crippen molar-refractivity contribution in [2.45, 2.75) is 6.92 Å². The summed E-state index contributed by atoms with van der Waals surface area (Å²) < 4.78 is 3.95. The minimum Gasteiger partial charge on any atom is -0.135 e. The molecule has 2 heteroatoms. The average Bonchev–Trinajstić information content (AvgIpc) is 2.64. The minimum absolute atomic E-state index is 1.19. The molecule has 0 saturated carbocycles. The lowest BCUT2D eigenvalue weighted by molar-refractivity contribution is 1.55. The van der Waals surface area contributed by atoms with Crippen LogP contribution in [0.15, 0.2) is 40.9 Å². The highest BCUT2D eigenvalue weighted by Crippen LogP contribution is 2.39. The lowest BCUT2D eigenvalue weighted by atomic mass is 10.1. The first-order valence-corrected chi connectivity index (χ1v) is 6.44. The van der Waals surface area contributed by atoms with Gasteiger partial charge in [-0.05, 0) is 24.6 Å². The maximum Gasteiger partial charge on any atom is 0.0395 e. The molecule has 0 N–H and O–H groups in total. The van der Waals surface area contributed by atoms with E-state index in [2.05, 4.69) is 59.3 Å². The van der Waals surface area contributed by atoms with Gasteiger partial charge < -0.3 is 0 Å². The zero-order chi connectivity index (χ0) is 10.4. The van der Waals surface area contributed by atoms with Crippen LogP contribution in [0, 0.1) is 6.92 Å². The van der Waals surface area contributed by atoms with Gasteiger partial charge in [-0.2, -0.15) is 0 Å². The smallest absolute Gasteiger partial charge is 0.0395 e. The Morgan fingerprint density at radius 3 is 2.73 bits per heavy atom. The number of hydrogen-bond donors (Lipinski definition) is 0. The highest BCUT2D eigenvalue weighted by molar-refractivity contribution is 9.10. The zero-order valence-corrected chi connectivity index (χ0v) is 10.7. The van der Waals surface area contributed by atoms with Crippen molar-refractivity contribution in [3.63, 3.8) is 0 Å². The number of aryl methyl sites for hydroxylation is 1. The van der Waals surface area contributed by atoms with Crippen molar-refractivity contribution >= 4 is 47.4 Å². The van der Waals surface area contributed by atoms with Crippen LogP contribution in [-0.4, -0.2) is 0 Å². The van der Waals surface area contributed by atoms with Gasteiger partial charge in [-0.3, -0.25) is 0 Å². The van der Waals surface area contributed by atoms with Crippen LogP contribution < -0.4 is 0 Å². The second-order valence-electron chi connectivity index (χ2n) is 3.67. The fourth-order valence-electron chi connectivity index (χ4n) is 1.92. The molecule has 0 radical (unpaired) electrons. The number of thiophene rings is 1. The first-order chi connectivity index (χ1) is 7.27. The van der Waals surface area contributed by atoms with Gasteiger partial charge in [-0.25, -0.2) is 0 Å². The number of halogens is 1. The van der Waals surface area contributed by atoms with Crippen LogP contribution in [0.2, 0.25) is 0 Å². The third kappa shape index (κ3) is 1.32. The molecule has 0 nitrogen and oxygen atoms in total. The van der Waals surface area contributed by atoms with E-state index >= 15 is 0 Å². The molecular formula is C13H9BrS. The molecule has 3 aromatic rings. The Balaban J connectivity index is 2.66. The highest BCUT2D eigenvalue weighted by Gasteiger charge is 2.08. The van der Waals surface area contributed by atoms with Gasteiger partial charge in [0.25, 0.3) is 0 Å². The van der Waals surface area contributed by atoms with Gasteiger partial charge in [0.2, 0.25) is 0 Å². The van der Waals surface area contributed by atoms with Crippen molar-refractivity contribution in [3.05, 3.63) is 46.4 Å². The lowest BCUT2D eigenvalue weighted by Crippen LogP contribution is -1.73. The van der Waals surface area contributed by atoms with Crippen LogP contribution in [0.4, 0.5) is 0 Å². The summed E-state index contributed by atoms with van der Waals surface area (Å²) >= 11 is 5.51. The molecule has 1 heterocycles. The summed E-state index contributed by atoms with van der Waals surface area (Å²) in [5.41, 5.74) is 1.36. The number of fused-ring (bicyclic) bond motifs is 3. The molecule has 2 aromatic carbocycles. The summed E-state index contributed by atoms with van der Waals surface area (Å²) in [4.78, 5) is 0. The van der Waals surface area contributed by atoms with Gasteiger partial charge in [0.05, 0.1) is 0 Å². The van der Waals surface area contributed by atoms with E-state index in [9.17, 15) is 0 Å². The third-order valence-corrected chi connectivity index (χ3v) is 4.64. The Labute approximate surface area is 101 Å². The van der Waals surface area contributed by atoms with Gasteiger partial charge >= 0.3 is 0 Å². The summed E-state index contributed by atoms with van der Waals surface area (Å²) in [5.74, 6) is 0. The average molecular weight is 277 g/mol. The largest absolute Gasteiger partial charge is 0.135 e. The third-order valence-electron chi connectivity index (χ3n) is 2.67. The maximum absolute atomic E-state index is 3.64. The summed E-state index contributed by atoms with van der Waals surface area (Å²) in [6.07, 6.45) is 0. The molecule has 0 atom stereocenters. The number of benzene rings is 2. The molecule has 0 bridgehead atoms. The second-order valence-corrected chi connectivity index (χ2v) is 5.57. The Hall–Kier alpha value is -0.860. The highest BCUT2D eigenvalue weighted by atomic mass is 79.9. The maximum atomic E-state index is 3.64. The monoisotopic (exact) mass is 276 g/mol. The van der Waals surface area contributed by atoms with Crippen molar-refractivity contribution < 1.29 is 0 Å². The van der Waals surface area contributed by atoms with E-state index in [1.807, 2.05) is 11.3 Å². The molecule has 0 spiro atoms. The van der Waals surface area contributed by atoms with E-state index in [-0.39, 0.29) is 0 Å². The van der Waals surface area contributed by atoms with Crippen molar-refractivity contribution in [2.24, 2.45) is 0 Å². The molecule has 1 aromatic heterocycles. The normalized spacial score (nSPS) is 11.3. The molecule has 0 unspecified atom stereocenters. The van der Waals surface area contributed by atoms with Crippen LogP contribution in [0.25, 0.3) is 20.2 Å². The van der Waals surface area contributed by atoms with Gasteiger partial charge in [0, 0.05) is 24.6 Å². The molecule has 0 amide bonds. The van der Waals surface area contributed by atoms with Crippen molar-refractivity contribution in [1.82, 2.24) is 0 Å². The van der Waals surface area contributed by atoms with Crippen molar-refractivity contribution in [2.75, 3.05) is 0 Å². The van der Waals surface area contributed by atoms with E-state index in [0.29, 0.717) is 0 Å². The molecule has 0 aliphatic heterocycles. The first kappa shape index (κ1) is 9.37. The summed E-state index contributed by atoms with van der Waals surface area (Å²) in [6.45, 7) is 2.17. The van der Waals surface area contributed by atoms with E-state index < -0.39 is 0 Å².